The maximum atomic E-state index is 4.58. The van der Waals surface area contributed by atoms with Crippen molar-refractivity contribution in [1.29, 1.82) is 0 Å². The zero-order valence-electron chi connectivity index (χ0n) is 9.10. The fourth-order valence-corrected chi connectivity index (χ4v) is 6.05. The van der Waals surface area contributed by atoms with E-state index in [2.05, 4.69) is 25.3 Å². The van der Waals surface area contributed by atoms with Crippen molar-refractivity contribution >= 4 is 27.5 Å². The Kier molecular flexibility index (Phi) is 2.20. The highest BCUT2D eigenvalue weighted by molar-refractivity contribution is 9.10. The Balaban J connectivity index is 1.69. The van der Waals surface area contributed by atoms with E-state index in [0.29, 0.717) is 0 Å². The number of hydrogen-bond donors (Lipinski definition) is 0. The lowest BCUT2D eigenvalue weighted by Crippen LogP contribution is -2.43. The molecule has 5 rings (SSSR count). The van der Waals surface area contributed by atoms with Gasteiger partial charge in [0.25, 0.3) is 0 Å². The van der Waals surface area contributed by atoms with Crippen LogP contribution in [0, 0.1) is 23.7 Å². The van der Waals surface area contributed by atoms with Crippen LogP contribution in [0.4, 0.5) is 0 Å². The minimum absolute atomic E-state index is 0.747. The Morgan fingerprint density at radius 3 is 2.12 bits per heavy atom. The summed E-state index contributed by atoms with van der Waals surface area (Å²) in [5, 5.41) is 1.31. The SMILES string of the molecule is Brc1nsc(C2C3CC4CC(C3)CC2C4)n1. The van der Waals surface area contributed by atoms with Crippen LogP contribution in [0.2, 0.25) is 0 Å². The number of aromatic nitrogens is 2. The summed E-state index contributed by atoms with van der Waals surface area (Å²) in [6.07, 6.45) is 7.40. The first-order valence-electron chi connectivity index (χ1n) is 6.28. The van der Waals surface area contributed by atoms with Gasteiger partial charge in [0.15, 0.2) is 0 Å². The smallest absolute Gasteiger partial charge is 0.209 e. The number of nitrogens with zero attached hydrogens (tertiary/aromatic N) is 2. The van der Waals surface area contributed by atoms with E-state index in [0.717, 1.165) is 34.3 Å². The molecule has 4 aliphatic rings. The van der Waals surface area contributed by atoms with Gasteiger partial charge < -0.3 is 0 Å². The molecule has 16 heavy (non-hydrogen) atoms. The van der Waals surface area contributed by atoms with E-state index in [9.17, 15) is 0 Å². The molecule has 0 saturated heterocycles. The Morgan fingerprint density at radius 2 is 1.62 bits per heavy atom. The van der Waals surface area contributed by atoms with E-state index in [1.54, 1.807) is 11.5 Å². The highest BCUT2D eigenvalue weighted by atomic mass is 79.9. The van der Waals surface area contributed by atoms with Crippen molar-refractivity contribution < 1.29 is 0 Å². The van der Waals surface area contributed by atoms with Crippen LogP contribution in [-0.4, -0.2) is 9.36 Å². The van der Waals surface area contributed by atoms with Crippen molar-refractivity contribution in [3.63, 3.8) is 0 Å². The molecular weight excluding hydrogens is 284 g/mol. The summed E-state index contributed by atoms with van der Waals surface area (Å²) in [5.74, 6) is 4.70. The molecule has 86 valence electrons. The normalized spacial score (nSPS) is 45.2. The molecule has 0 atom stereocenters. The summed E-state index contributed by atoms with van der Waals surface area (Å²) < 4.78 is 5.09. The van der Waals surface area contributed by atoms with Crippen LogP contribution >= 0.6 is 27.5 Å². The van der Waals surface area contributed by atoms with E-state index in [-0.39, 0.29) is 0 Å². The zero-order valence-corrected chi connectivity index (χ0v) is 11.5. The quantitative estimate of drug-likeness (QED) is 0.787. The van der Waals surface area contributed by atoms with Crippen molar-refractivity contribution in [3.05, 3.63) is 9.74 Å². The highest BCUT2D eigenvalue weighted by Crippen LogP contribution is 2.59. The number of rotatable bonds is 1. The van der Waals surface area contributed by atoms with Crippen molar-refractivity contribution in [3.8, 4) is 0 Å². The van der Waals surface area contributed by atoms with Gasteiger partial charge in [-0.3, -0.25) is 0 Å². The van der Waals surface area contributed by atoms with Crippen LogP contribution in [0.25, 0.3) is 0 Å². The second kappa shape index (κ2) is 3.52. The summed E-state index contributed by atoms with van der Waals surface area (Å²) in [4.78, 5) is 4.58. The second-order valence-corrected chi connectivity index (χ2v) is 7.35. The maximum Gasteiger partial charge on any atom is 0.209 e. The zero-order chi connectivity index (χ0) is 10.7. The lowest BCUT2D eigenvalue weighted by Gasteiger charge is -2.53. The molecule has 0 radical (unpaired) electrons. The number of hydrogen-bond acceptors (Lipinski definition) is 3. The average Bonchev–Trinajstić information content (AvgIpc) is 2.63. The summed E-state index contributed by atoms with van der Waals surface area (Å²) in [7, 11) is 0. The van der Waals surface area contributed by atoms with Gasteiger partial charge in [0, 0.05) is 5.92 Å². The van der Waals surface area contributed by atoms with Crippen LogP contribution in [0.5, 0.6) is 0 Å². The fourth-order valence-electron chi connectivity index (χ4n) is 4.68. The molecule has 4 bridgehead atoms. The monoisotopic (exact) mass is 298 g/mol. The Labute approximate surface area is 108 Å². The standard InChI is InChI=1S/C12H15BrN2S/c13-12-14-11(16-15-12)10-8-2-6-1-7(4-8)5-9(10)3-6/h6-10H,1-5H2. The molecule has 1 aromatic rings. The summed E-state index contributed by atoms with van der Waals surface area (Å²) in [6, 6.07) is 0. The molecule has 0 amide bonds. The van der Waals surface area contributed by atoms with Gasteiger partial charge in [0.05, 0.1) is 0 Å². The molecule has 1 aromatic heterocycles. The summed E-state index contributed by atoms with van der Waals surface area (Å²) in [5.41, 5.74) is 0. The molecule has 4 heteroatoms. The molecule has 0 aliphatic heterocycles. The third-order valence-corrected chi connectivity index (χ3v) is 6.33. The van der Waals surface area contributed by atoms with Crippen LogP contribution < -0.4 is 0 Å². The fraction of sp³-hybridized carbons (Fsp3) is 0.833. The van der Waals surface area contributed by atoms with Gasteiger partial charge in [-0.15, -0.1) is 0 Å². The molecule has 4 fully saturated rings. The third-order valence-electron chi connectivity index (χ3n) is 4.93. The van der Waals surface area contributed by atoms with E-state index in [4.69, 9.17) is 0 Å². The second-order valence-electron chi connectivity index (χ2n) is 5.86. The Hall–Kier alpha value is 0.0400. The molecule has 0 spiro atoms. The predicted molar refractivity (Wildman–Crippen MR) is 67.4 cm³/mol. The molecule has 4 aliphatic carbocycles. The van der Waals surface area contributed by atoms with Crippen LogP contribution in [0.3, 0.4) is 0 Å². The molecule has 0 N–H and O–H groups in total. The first-order valence-corrected chi connectivity index (χ1v) is 7.85. The summed E-state index contributed by atoms with van der Waals surface area (Å²) in [6.45, 7) is 0. The van der Waals surface area contributed by atoms with Crippen molar-refractivity contribution in [2.45, 2.75) is 38.0 Å². The average molecular weight is 299 g/mol. The first-order chi connectivity index (χ1) is 7.79. The molecule has 1 heterocycles. The van der Waals surface area contributed by atoms with Gasteiger partial charge >= 0.3 is 0 Å². The number of halogens is 1. The largest absolute Gasteiger partial charge is 0.214 e. The molecule has 2 nitrogen and oxygen atoms in total. The van der Waals surface area contributed by atoms with Crippen molar-refractivity contribution in [1.82, 2.24) is 9.36 Å². The van der Waals surface area contributed by atoms with Gasteiger partial charge in [-0.1, -0.05) is 0 Å². The van der Waals surface area contributed by atoms with Gasteiger partial charge in [-0.05, 0) is 83.2 Å². The topological polar surface area (TPSA) is 25.8 Å². The maximum absolute atomic E-state index is 4.58. The van der Waals surface area contributed by atoms with Crippen molar-refractivity contribution in [2.24, 2.45) is 23.7 Å². The van der Waals surface area contributed by atoms with E-state index in [1.165, 1.54) is 37.1 Å². The van der Waals surface area contributed by atoms with E-state index >= 15 is 0 Å². The Morgan fingerprint density at radius 1 is 1.00 bits per heavy atom. The first kappa shape index (κ1) is 10.0. The summed E-state index contributed by atoms with van der Waals surface area (Å²) >= 11 is 5.01. The minimum atomic E-state index is 0.747. The predicted octanol–water partition coefficient (Wildman–Crippen LogP) is 3.84. The molecule has 0 aromatic carbocycles. The van der Waals surface area contributed by atoms with Crippen LogP contribution in [0.15, 0.2) is 4.73 Å². The van der Waals surface area contributed by atoms with E-state index < -0.39 is 0 Å². The molecular formula is C12H15BrN2S. The Bertz CT molecular complexity index is 389. The van der Waals surface area contributed by atoms with Gasteiger partial charge in [0.2, 0.25) is 4.73 Å². The van der Waals surface area contributed by atoms with Crippen LogP contribution in [0.1, 0.15) is 43.0 Å². The van der Waals surface area contributed by atoms with Crippen molar-refractivity contribution in [2.75, 3.05) is 0 Å². The lowest BCUT2D eigenvalue weighted by atomic mass is 9.52. The van der Waals surface area contributed by atoms with Crippen LogP contribution in [-0.2, 0) is 0 Å². The van der Waals surface area contributed by atoms with Gasteiger partial charge in [-0.25, -0.2) is 4.98 Å². The molecule has 4 saturated carbocycles. The minimum Gasteiger partial charge on any atom is -0.214 e. The third kappa shape index (κ3) is 1.42. The van der Waals surface area contributed by atoms with E-state index in [1.807, 2.05) is 0 Å². The van der Waals surface area contributed by atoms with Gasteiger partial charge in [0.1, 0.15) is 5.01 Å². The highest BCUT2D eigenvalue weighted by Gasteiger charge is 2.49. The van der Waals surface area contributed by atoms with Gasteiger partial charge in [-0.2, -0.15) is 4.37 Å². The lowest BCUT2D eigenvalue weighted by molar-refractivity contribution is -0.00287. The molecule has 0 unspecified atom stereocenters.